The zero-order valence-corrected chi connectivity index (χ0v) is 18.1. The summed E-state index contributed by atoms with van der Waals surface area (Å²) in [6.45, 7) is 6.55. The summed E-state index contributed by atoms with van der Waals surface area (Å²) < 4.78 is 2.20. The molecule has 2 aromatic rings. The molecule has 4 nitrogen and oxygen atoms in total. The topological polar surface area (TPSA) is 51.3 Å². The highest BCUT2D eigenvalue weighted by Gasteiger charge is 2.17. The number of anilines is 1. The molecule has 31 heavy (non-hydrogen) atoms. The first-order valence-corrected chi connectivity index (χ1v) is 11.2. The van der Waals surface area contributed by atoms with Crippen LogP contribution in [0.2, 0.25) is 0 Å². The van der Waals surface area contributed by atoms with Crippen molar-refractivity contribution in [3.05, 3.63) is 95.9 Å². The van der Waals surface area contributed by atoms with Crippen molar-refractivity contribution in [1.29, 1.82) is 0 Å². The zero-order chi connectivity index (χ0) is 21.6. The van der Waals surface area contributed by atoms with Crippen LogP contribution >= 0.6 is 0 Å². The van der Waals surface area contributed by atoms with Crippen LogP contribution in [0.4, 0.5) is 5.69 Å². The maximum atomic E-state index is 11.7. The Bertz CT molecular complexity index is 1030. The van der Waals surface area contributed by atoms with E-state index >= 15 is 0 Å². The minimum absolute atomic E-state index is 0.373. The van der Waals surface area contributed by atoms with Gasteiger partial charge in [-0.15, -0.1) is 0 Å². The number of primary amides is 1. The predicted octanol–water partition coefficient (Wildman–Crippen LogP) is 5.25. The molecule has 0 bridgehead atoms. The molecule has 0 saturated carbocycles. The quantitative estimate of drug-likeness (QED) is 0.703. The molecule has 1 aliphatic heterocycles. The van der Waals surface area contributed by atoms with Gasteiger partial charge >= 0.3 is 0 Å². The van der Waals surface area contributed by atoms with Crippen LogP contribution in [0.3, 0.4) is 0 Å². The van der Waals surface area contributed by atoms with E-state index in [0.717, 1.165) is 30.7 Å². The van der Waals surface area contributed by atoms with Crippen LogP contribution in [0.1, 0.15) is 37.7 Å². The van der Waals surface area contributed by atoms with E-state index in [-0.39, 0.29) is 5.91 Å². The Labute approximate surface area is 185 Å². The van der Waals surface area contributed by atoms with Gasteiger partial charge in [-0.25, -0.2) is 0 Å². The Balaban J connectivity index is 1.59. The Kier molecular flexibility index (Phi) is 6.56. The Morgan fingerprint density at radius 3 is 2.29 bits per heavy atom. The minimum atomic E-state index is -0.373. The highest BCUT2D eigenvalue weighted by atomic mass is 16.1. The number of aromatic nitrogens is 1. The molecule has 4 heteroatoms. The molecule has 1 amide bonds. The van der Waals surface area contributed by atoms with Crippen molar-refractivity contribution in [2.24, 2.45) is 5.73 Å². The van der Waals surface area contributed by atoms with Gasteiger partial charge in [0.1, 0.15) is 0 Å². The fourth-order valence-electron chi connectivity index (χ4n) is 4.40. The normalized spacial score (nSPS) is 16.8. The molecule has 2 N–H and O–H groups in total. The maximum absolute atomic E-state index is 11.7. The molecule has 1 aliphatic carbocycles. The highest BCUT2D eigenvalue weighted by molar-refractivity contribution is 5.93. The molecule has 1 fully saturated rings. The lowest BCUT2D eigenvalue weighted by atomic mass is 9.94. The van der Waals surface area contributed by atoms with Crippen LogP contribution in [-0.4, -0.2) is 23.6 Å². The van der Waals surface area contributed by atoms with Crippen molar-refractivity contribution in [3.63, 3.8) is 0 Å². The van der Waals surface area contributed by atoms with Crippen LogP contribution in [0.15, 0.2) is 90.3 Å². The number of nitrogens with zero attached hydrogens (tertiary/aromatic N) is 2. The van der Waals surface area contributed by atoms with Gasteiger partial charge in [0, 0.05) is 37.5 Å². The van der Waals surface area contributed by atoms with Crippen molar-refractivity contribution in [3.8, 4) is 5.69 Å². The van der Waals surface area contributed by atoms with E-state index in [9.17, 15) is 4.79 Å². The van der Waals surface area contributed by atoms with Crippen molar-refractivity contribution in [2.45, 2.75) is 38.5 Å². The molecule has 0 unspecified atom stereocenters. The second-order valence-electron chi connectivity index (χ2n) is 8.40. The van der Waals surface area contributed by atoms with Gasteiger partial charge in [-0.05, 0) is 60.2 Å². The minimum Gasteiger partial charge on any atom is -0.370 e. The summed E-state index contributed by atoms with van der Waals surface area (Å²) >= 11 is 0. The number of hydrogen-bond acceptors (Lipinski definition) is 2. The van der Waals surface area contributed by atoms with Gasteiger partial charge in [-0.1, -0.05) is 49.8 Å². The van der Waals surface area contributed by atoms with E-state index in [4.69, 9.17) is 5.73 Å². The number of rotatable bonds is 6. The van der Waals surface area contributed by atoms with Gasteiger partial charge in [-0.3, -0.25) is 4.79 Å². The maximum Gasteiger partial charge on any atom is 0.244 e. The first-order chi connectivity index (χ1) is 15.1. The van der Waals surface area contributed by atoms with Crippen molar-refractivity contribution in [1.82, 2.24) is 4.57 Å². The summed E-state index contributed by atoms with van der Waals surface area (Å²) in [6.07, 6.45) is 18.3. The summed E-state index contributed by atoms with van der Waals surface area (Å²) in [5.74, 6) is -0.373. The summed E-state index contributed by atoms with van der Waals surface area (Å²) in [7, 11) is 0. The molecule has 2 heterocycles. The van der Waals surface area contributed by atoms with Gasteiger partial charge < -0.3 is 15.2 Å². The average molecular weight is 414 g/mol. The lowest BCUT2D eigenvalue weighted by molar-refractivity contribution is -0.114. The van der Waals surface area contributed by atoms with Crippen LogP contribution < -0.4 is 10.6 Å². The summed E-state index contributed by atoms with van der Waals surface area (Å²) in [5, 5.41) is 0. The van der Waals surface area contributed by atoms with E-state index < -0.39 is 0 Å². The Morgan fingerprint density at radius 1 is 0.935 bits per heavy atom. The van der Waals surface area contributed by atoms with Gasteiger partial charge in [0.2, 0.25) is 5.91 Å². The second kappa shape index (κ2) is 9.69. The number of benzene rings is 1. The van der Waals surface area contributed by atoms with Crippen molar-refractivity contribution < 1.29 is 4.79 Å². The first kappa shape index (κ1) is 21.0. The van der Waals surface area contributed by atoms with Crippen LogP contribution in [0.5, 0.6) is 0 Å². The predicted molar refractivity (Wildman–Crippen MR) is 128 cm³/mol. The lowest BCUT2D eigenvalue weighted by Crippen LogP contribution is -2.25. The fraction of sp³-hybridized carbons (Fsp3) is 0.296. The molecule has 0 radical (unpaired) electrons. The fourth-order valence-corrected chi connectivity index (χ4v) is 4.40. The van der Waals surface area contributed by atoms with E-state index in [1.165, 1.54) is 42.6 Å². The number of nitrogens with two attached hydrogens (primary N) is 1. The molecule has 0 atom stereocenters. The third-order valence-corrected chi connectivity index (χ3v) is 6.14. The first-order valence-electron chi connectivity index (χ1n) is 11.2. The molecule has 4 rings (SSSR count). The van der Waals surface area contributed by atoms with Gasteiger partial charge in [0.15, 0.2) is 0 Å². The molecular weight excluding hydrogens is 382 g/mol. The monoisotopic (exact) mass is 413 g/mol. The molecule has 0 spiro atoms. The number of hydrogen-bond donors (Lipinski definition) is 1. The molecule has 2 aliphatic rings. The zero-order valence-electron chi connectivity index (χ0n) is 18.1. The van der Waals surface area contributed by atoms with Crippen LogP contribution in [0.25, 0.3) is 5.69 Å². The molecule has 1 aromatic carbocycles. The van der Waals surface area contributed by atoms with Crippen LogP contribution in [-0.2, 0) is 11.2 Å². The number of amides is 1. The summed E-state index contributed by atoms with van der Waals surface area (Å²) in [6, 6.07) is 10.9. The second-order valence-corrected chi connectivity index (χ2v) is 8.40. The smallest absolute Gasteiger partial charge is 0.244 e. The Hall–Kier alpha value is -3.27. The third-order valence-electron chi connectivity index (χ3n) is 6.14. The summed E-state index contributed by atoms with van der Waals surface area (Å²) in [4.78, 5) is 14.2. The molecule has 1 aromatic heterocycles. The number of carbonyl (C=O) groups is 1. The Morgan fingerprint density at radius 2 is 1.61 bits per heavy atom. The van der Waals surface area contributed by atoms with Gasteiger partial charge in [0.25, 0.3) is 0 Å². The van der Waals surface area contributed by atoms with Gasteiger partial charge in [0.05, 0.1) is 11.4 Å². The van der Waals surface area contributed by atoms with Gasteiger partial charge in [-0.2, -0.15) is 0 Å². The largest absolute Gasteiger partial charge is 0.370 e. The average Bonchev–Trinajstić information content (AvgIpc) is 3.00. The van der Waals surface area contributed by atoms with Crippen molar-refractivity contribution in [2.75, 3.05) is 18.0 Å². The van der Waals surface area contributed by atoms with Crippen LogP contribution in [0, 0.1) is 0 Å². The highest BCUT2D eigenvalue weighted by Crippen LogP contribution is 2.30. The number of carbonyl (C=O) groups excluding carboxylic acids is 1. The standard InChI is InChI=1S/C27H31N3O/c1-21(23-10-4-5-11-24(20-23)27(28)31)18-22-12-13-25(29-14-6-2-3-7-15-29)26(19-22)30-16-8-9-17-30/h4-5,8-13,16-17,19H,1-3,6-7,14-15,18,20H2,(H2,28,31). The van der Waals surface area contributed by atoms with E-state index in [1.807, 2.05) is 18.2 Å². The summed E-state index contributed by atoms with van der Waals surface area (Å²) in [5.41, 5.74) is 11.9. The van der Waals surface area contributed by atoms with E-state index in [2.05, 4.69) is 58.8 Å². The molecule has 1 saturated heterocycles. The molecular formula is C27H31N3O. The number of allylic oxidation sites excluding steroid dienone is 6. The lowest BCUT2D eigenvalue weighted by Gasteiger charge is -2.26. The van der Waals surface area contributed by atoms with E-state index in [1.54, 1.807) is 6.08 Å². The third kappa shape index (κ3) is 5.08. The SMILES string of the molecule is C=C(Cc1ccc(N2CCCCCC2)c(-n2cccc2)c1)C1=CC=CC=C(C(N)=O)C1. The van der Waals surface area contributed by atoms with Crippen molar-refractivity contribution >= 4 is 11.6 Å². The van der Waals surface area contributed by atoms with E-state index in [0.29, 0.717) is 12.0 Å². The molecule has 160 valence electrons.